The highest BCUT2D eigenvalue weighted by atomic mass is 15.2. The van der Waals surface area contributed by atoms with Crippen molar-refractivity contribution in [1.82, 2.24) is 23.9 Å². The van der Waals surface area contributed by atoms with Gasteiger partial charge in [-0.2, -0.15) is 0 Å². The molecule has 4 heterocycles. The first-order chi connectivity index (χ1) is 28.8. The Labute approximate surface area is 333 Å². The van der Waals surface area contributed by atoms with E-state index in [0.29, 0.717) is 5.95 Å². The van der Waals surface area contributed by atoms with Crippen LogP contribution in [0.2, 0.25) is 0 Å². The van der Waals surface area contributed by atoms with Crippen LogP contribution in [0, 0.1) is 0 Å². The molecule has 0 saturated carbocycles. The smallest absolute Gasteiger partial charge is 0.235 e. The van der Waals surface area contributed by atoms with Crippen molar-refractivity contribution in [2.45, 2.75) is 0 Å². The first-order valence-electron chi connectivity index (χ1n) is 19.6. The number of benzene rings is 8. The van der Waals surface area contributed by atoms with Gasteiger partial charge in [-0.3, -0.25) is 8.97 Å². The third-order valence-corrected chi connectivity index (χ3v) is 11.5. The lowest BCUT2D eigenvalue weighted by Crippen LogP contribution is -2.04. The molecular weight excluding hydrogens is 707 g/mol. The van der Waals surface area contributed by atoms with Crippen LogP contribution in [0.25, 0.3) is 111 Å². The lowest BCUT2D eigenvalue weighted by atomic mass is 9.98. The molecule has 0 unspecified atom stereocenters. The Bertz CT molecular complexity index is 3540. The Kier molecular flexibility index (Phi) is 7.16. The third-order valence-electron chi connectivity index (χ3n) is 11.5. The molecule has 0 atom stereocenters. The van der Waals surface area contributed by atoms with E-state index < -0.39 is 0 Å². The maximum Gasteiger partial charge on any atom is 0.235 e. The summed E-state index contributed by atoms with van der Waals surface area (Å²) in [7, 11) is 0. The van der Waals surface area contributed by atoms with E-state index in [-0.39, 0.29) is 0 Å². The van der Waals surface area contributed by atoms with Gasteiger partial charge in [0.15, 0.2) is 0 Å². The van der Waals surface area contributed by atoms with E-state index in [2.05, 4.69) is 203 Å². The minimum absolute atomic E-state index is 0.626. The number of imidazole rings is 1. The summed E-state index contributed by atoms with van der Waals surface area (Å²) in [5.41, 5.74) is 12.4. The molecule has 12 aromatic rings. The quantitative estimate of drug-likeness (QED) is 0.165. The number of aromatic nitrogens is 5. The molecule has 0 aliphatic rings. The second-order valence-corrected chi connectivity index (χ2v) is 14.8. The van der Waals surface area contributed by atoms with Gasteiger partial charge in [0.2, 0.25) is 5.95 Å². The highest BCUT2D eigenvalue weighted by molar-refractivity contribution is 6.29. The number of pyridine rings is 1. The van der Waals surface area contributed by atoms with Crippen LogP contribution in [0.15, 0.2) is 200 Å². The van der Waals surface area contributed by atoms with Gasteiger partial charge in [0.05, 0.1) is 39.0 Å². The topological polar surface area (TPSA) is 48.0 Å². The van der Waals surface area contributed by atoms with Crippen molar-refractivity contribution >= 4 is 59.9 Å². The van der Waals surface area contributed by atoms with Crippen molar-refractivity contribution in [3.63, 3.8) is 0 Å². The monoisotopic (exact) mass is 739 g/mol. The molecule has 0 aliphatic carbocycles. The van der Waals surface area contributed by atoms with Crippen LogP contribution in [0.1, 0.15) is 0 Å². The molecule has 4 aromatic heterocycles. The first kappa shape index (κ1) is 32.4. The Morgan fingerprint density at radius 2 is 0.897 bits per heavy atom. The van der Waals surface area contributed by atoms with Crippen molar-refractivity contribution in [1.29, 1.82) is 0 Å². The van der Waals surface area contributed by atoms with Gasteiger partial charge in [0.25, 0.3) is 0 Å². The van der Waals surface area contributed by atoms with Gasteiger partial charge >= 0.3 is 0 Å². The summed E-state index contributed by atoms with van der Waals surface area (Å²) in [6, 6.07) is 70.6. The van der Waals surface area contributed by atoms with E-state index >= 15 is 0 Å². The Hall–Kier alpha value is -7.89. The van der Waals surface area contributed by atoms with Crippen molar-refractivity contribution < 1.29 is 0 Å². The van der Waals surface area contributed by atoms with E-state index in [1.807, 2.05) is 6.07 Å². The van der Waals surface area contributed by atoms with E-state index in [1.54, 1.807) is 0 Å². The molecule has 0 fully saturated rings. The molecule has 0 amide bonds. The van der Waals surface area contributed by atoms with Crippen LogP contribution < -0.4 is 0 Å². The predicted molar refractivity (Wildman–Crippen MR) is 239 cm³/mol. The lowest BCUT2D eigenvalue weighted by Gasteiger charge is -2.15. The second-order valence-electron chi connectivity index (χ2n) is 14.8. The highest BCUT2D eigenvalue weighted by Crippen LogP contribution is 2.45. The summed E-state index contributed by atoms with van der Waals surface area (Å²) >= 11 is 0. The molecule has 12 rings (SSSR count). The zero-order valence-electron chi connectivity index (χ0n) is 31.3. The SMILES string of the molecule is c1ccc(-c2ccc3c4ccc5c(c6ccccc6n6c(-c7ccccc7)nc(-c7ccccc7)c56)c4n(-c4nc(-c5ccccc5)c5ccccc5n4)c3c2)cc1. The molecular formula is C53H33N5. The second kappa shape index (κ2) is 12.8. The van der Waals surface area contributed by atoms with Gasteiger partial charge in [-0.15, -0.1) is 0 Å². The summed E-state index contributed by atoms with van der Waals surface area (Å²) in [5.74, 6) is 1.53. The molecule has 0 bridgehead atoms. The number of rotatable bonds is 5. The van der Waals surface area contributed by atoms with E-state index in [9.17, 15) is 0 Å². The molecule has 0 aliphatic heterocycles. The largest absolute Gasteiger partial charge is 0.291 e. The van der Waals surface area contributed by atoms with Gasteiger partial charge in [-0.1, -0.05) is 182 Å². The zero-order chi connectivity index (χ0) is 38.2. The number of hydrogen-bond acceptors (Lipinski definition) is 3. The summed E-state index contributed by atoms with van der Waals surface area (Å²) in [5, 5.41) is 6.66. The van der Waals surface area contributed by atoms with Crippen LogP contribution in [-0.2, 0) is 0 Å². The normalized spacial score (nSPS) is 11.8. The van der Waals surface area contributed by atoms with Gasteiger partial charge in [-0.25, -0.2) is 15.0 Å². The summed E-state index contributed by atoms with van der Waals surface area (Å²) in [6.07, 6.45) is 0. The maximum absolute atomic E-state index is 5.51. The Morgan fingerprint density at radius 1 is 0.328 bits per heavy atom. The average molecular weight is 740 g/mol. The Morgan fingerprint density at radius 3 is 1.62 bits per heavy atom. The molecule has 0 N–H and O–H groups in total. The molecule has 0 spiro atoms. The predicted octanol–water partition coefficient (Wildman–Crippen LogP) is 13.3. The fourth-order valence-electron chi connectivity index (χ4n) is 8.94. The van der Waals surface area contributed by atoms with Crippen LogP contribution in [-0.4, -0.2) is 23.9 Å². The molecule has 8 aromatic carbocycles. The number of para-hydroxylation sites is 2. The van der Waals surface area contributed by atoms with E-state index in [0.717, 1.165) is 105 Å². The minimum atomic E-state index is 0.626. The van der Waals surface area contributed by atoms with Crippen LogP contribution >= 0.6 is 0 Å². The fourth-order valence-corrected chi connectivity index (χ4v) is 8.94. The standard InChI is InChI=1S/C53H33N5/c1-5-17-34(18-6-1)38-29-30-39-40-31-32-43-47(50(40)58(46(39)33-38)53-54-44-27-15-13-25-41(44)48(56-53)35-19-7-2-8-20-35)42-26-14-16-28-45(42)57-51(43)49(36-21-9-3-10-22-36)55-52(57)37-23-11-4-12-24-37/h1-33H. The van der Waals surface area contributed by atoms with E-state index in [4.69, 9.17) is 15.0 Å². The van der Waals surface area contributed by atoms with Gasteiger partial charge < -0.3 is 0 Å². The summed E-state index contributed by atoms with van der Waals surface area (Å²) in [6.45, 7) is 0. The van der Waals surface area contributed by atoms with Crippen LogP contribution in [0.4, 0.5) is 0 Å². The third kappa shape index (κ3) is 4.87. The van der Waals surface area contributed by atoms with Gasteiger partial charge in [-0.05, 0) is 29.3 Å². The minimum Gasteiger partial charge on any atom is -0.291 e. The van der Waals surface area contributed by atoms with Gasteiger partial charge in [0, 0.05) is 49.0 Å². The van der Waals surface area contributed by atoms with Gasteiger partial charge in [0.1, 0.15) is 5.82 Å². The number of fused-ring (bicyclic) bond motifs is 11. The van der Waals surface area contributed by atoms with Crippen LogP contribution in [0.5, 0.6) is 0 Å². The fraction of sp³-hybridized carbons (Fsp3) is 0. The molecule has 5 nitrogen and oxygen atoms in total. The molecule has 5 heteroatoms. The molecule has 58 heavy (non-hydrogen) atoms. The van der Waals surface area contributed by atoms with Crippen molar-refractivity contribution in [2.24, 2.45) is 0 Å². The van der Waals surface area contributed by atoms with E-state index in [1.165, 1.54) is 0 Å². The van der Waals surface area contributed by atoms with Crippen LogP contribution in [0.3, 0.4) is 0 Å². The molecule has 0 saturated heterocycles. The summed E-state index contributed by atoms with van der Waals surface area (Å²) < 4.78 is 4.68. The Balaban J connectivity index is 1.30. The number of hydrogen-bond donors (Lipinski definition) is 0. The number of nitrogens with zero attached hydrogens (tertiary/aromatic N) is 5. The first-order valence-corrected chi connectivity index (χ1v) is 19.6. The van der Waals surface area contributed by atoms with Crippen molar-refractivity contribution in [2.75, 3.05) is 0 Å². The summed E-state index contributed by atoms with van der Waals surface area (Å²) in [4.78, 5) is 16.4. The maximum atomic E-state index is 5.51. The molecule has 270 valence electrons. The van der Waals surface area contributed by atoms with Crippen molar-refractivity contribution in [3.05, 3.63) is 200 Å². The average Bonchev–Trinajstić information content (AvgIpc) is 3.87. The highest BCUT2D eigenvalue weighted by Gasteiger charge is 2.25. The van der Waals surface area contributed by atoms with Crippen molar-refractivity contribution in [3.8, 4) is 51.0 Å². The molecule has 0 radical (unpaired) electrons. The lowest BCUT2D eigenvalue weighted by molar-refractivity contribution is 1.02. The zero-order valence-corrected chi connectivity index (χ0v) is 31.3.